The molecule has 0 radical (unpaired) electrons. The Morgan fingerprint density at radius 1 is 1.31 bits per heavy atom. The monoisotopic (exact) mass is 248 g/mol. The number of aromatic nitrogens is 2. The molecule has 0 saturated heterocycles. The molecule has 0 aliphatic rings. The summed E-state index contributed by atoms with van der Waals surface area (Å²) in [4.78, 5) is 5.31. The molecule has 0 amide bonds. The standard InChI is InChI=1S/C12H9ClN2S/c13-11-3-1-2-9-4-5-15(12(9)11)7-10-6-14-8-16-10/h1-6,8H,7H2. The lowest BCUT2D eigenvalue weighted by Crippen LogP contribution is -1.95. The molecule has 0 unspecified atom stereocenters. The van der Waals surface area contributed by atoms with E-state index in [4.69, 9.17) is 11.6 Å². The van der Waals surface area contributed by atoms with Crippen LogP contribution in [0.2, 0.25) is 5.02 Å². The van der Waals surface area contributed by atoms with E-state index in [0.717, 1.165) is 17.1 Å². The third-order valence-corrected chi connectivity index (χ3v) is 3.62. The molecule has 0 aliphatic carbocycles. The van der Waals surface area contributed by atoms with Crippen LogP contribution < -0.4 is 0 Å². The number of rotatable bonds is 2. The summed E-state index contributed by atoms with van der Waals surface area (Å²) in [6, 6.07) is 8.06. The van der Waals surface area contributed by atoms with Crippen molar-refractivity contribution in [2.75, 3.05) is 0 Å². The van der Waals surface area contributed by atoms with Crippen LogP contribution in [0.1, 0.15) is 4.88 Å². The van der Waals surface area contributed by atoms with Gasteiger partial charge in [-0.2, -0.15) is 0 Å². The zero-order chi connectivity index (χ0) is 11.0. The van der Waals surface area contributed by atoms with Crippen molar-refractivity contribution in [1.29, 1.82) is 0 Å². The van der Waals surface area contributed by atoms with Crippen LogP contribution in [0.25, 0.3) is 10.9 Å². The molecule has 3 rings (SSSR count). The van der Waals surface area contributed by atoms with Gasteiger partial charge in [0.15, 0.2) is 0 Å². The van der Waals surface area contributed by atoms with E-state index < -0.39 is 0 Å². The molecule has 2 nitrogen and oxygen atoms in total. The van der Waals surface area contributed by atoms with Crippen molar-refractivity contribution in [1.82, 2.24) is 9.55 Å². The summed E-state index contributed by atoms with van der Waals surface area (Å²) in [5.41, 5.74) is 2.94. The van der Waals surface area contributed by atoms with Crippen molar-refractivity contribution < 1.29 is 0 Å². The van der Waals surface area contributed by atoms with Gasteiger partial charge < -0.3 is 4.57 Å². The Morgan fingerprint density at radius 2 is 2.25 bits per heavy atom. The molecular formula is C12H9ClN2S. The van der Waals surface area contributed by atoms with Gasteiger partial charge in [-0.05, 0) is 12.1 Å². The molecule has 0 spiro atoms. The summed E-state index contributed by atoms with van der Waals surface area (Å²) < 4.78 is 2.16. The maximum absolute atomic E-state index is 6.21. The molecular weight excluding hydrogens is 240 g/mol. The fourth-order valence-electron chi connectivity index (χ4n) is 1.83. The number of halogens is 1. The normalized spacial score (nSPS) is 11.1. The number of benzene rings is 1. The van der Waals surface area contributed by atoms with Gasteiger partial charge in [-0.15, -0.1) is 11.3 Å². The fourth-order valence-corrected chi connectivity index (χ4v) is 2.72. The Labute approximate surface area is 102 Å². The molecule has 16 heavy (non-hydrogen) atoms. The molecule has 80 valence electrons. The highest BCUT2D eigenvalue weighted by atomic mass is 35.5. The predicted molar refractivity (Wildman–Crippen MR) is 68.2 cm³/mol. The Morgan fingerprint density at radius 3 is 3.06 bits per heavy atom. The number of thiazole rings is 1. The van der Waals surface area contributed by atoms with E-state index in [1.165, 1.54) is 10.3 Å². The highest BCUT2D eigenvalue weighted by Crippen LogP contribution is 2.25. The van der Waals surface area contributed by atoms with Crippen LogP contribution >= 0.6 is 22.9 Å². The van der Waals surface area contributed by atoms with E-state index in [2.05, 4.69) is 27.9 Å². The summed E-state index contributed by atoms with van der Waals surface area (Å²) >= 11 is 7.87. The molecule has 2 aromatic heterocycles. The number of hydrogen-bond acceptors (Lipinski definition) is 2. The van der Waals surface area contributed by atoms with E-state index >= 15 is 0 Å². The van der Waals surface area contributed by atoms with Crippen molar-refractivity contribution >= 4 is 33.8 Å². The maximum Gasteiger partial charge on any atom is 0.0794 e. The molecule has 1 aromatic carbocycles. The van der Waals surface area contributed by atoms with E-state index in [1.54, 1.807) is 11.3 Å². The number of hydrogen-bond donors (Lipinski definition) is 0. The third kappa shape index (κ3) is 1.62. The fraction of sp³-hybridized carbons (Fsp3) is 0.0833. The summed E-state index contributed by atoms with van der Waals surface area (Å²) in [6.45, 7) is 0.831. The van der Waals surface area contributed by atoms with E-state index in [0.29, 0.717) is 0 Å². The minimum absolute atomic E-state index is 0.798. The van der Waals surface area contributed by atoms with Crippen LogP contribution in [0, 0.1) is 0 Å². The molecule has 0 atom stereocenters. The predicted octanol–water partition coefficient (Wildman–Crippen LogP) is 3.80. The molecule has 4 heteroatoms. The Hall–Kier alpha value is -1.32. The van der Waals surface area contributed by atoms with Crippen LogP contribution in [-0.2, 0) is 6.54 Å². The topological polar surface area (TPSA) is 17.8 Å². The van der Waals surface area contributed by atoms with Crippen molar-refractivity contribution in [2.45, 2.75) is 6.54 Å². The quantitative estimate of drug-likeness (QED) is 0.675. The SMILES string of the molecule is Clc1cccc2ccn(Cc3cncs3)c12. The van der Waals surface area contributed by atoms with Crippen molar-refractivity contribution in [3.8, 4) is 0 Å². The highest BCUT2D eigenvalue weighted by Gasteiger charge is 2.05. The van der Waals surface area contributed by atoms with Gasteiger partial charge in [0.25, 0.3) is 0 Å². The van der Waals surface area contributed by atoms with Gasteiger partial charge in [-0.25, -0.2) is 0 Å². The van der Waals surface area contributed by atoms with Gasteiger partial charge in [0.05, 0.1) is 22.6 Å². The van der Waals surface area contributed by atoms with Gasteiger partial charge in [-0.1, -0.05) is 23.7 Å². The number of para-hydroxylation sites is 1. The summed E-state index contributed by atoms with van der Waals surface area (Å²) in [6.07, 6.45) is 3.96. The van der Waals surface area contributed by atoms with Crippen molar-refractivity contribution in [2.24, 2.45) is 0 Å². The zero-order valence-electron chi connectivity index (χ0n) is 8.43. The zero-order valence-corrected chi connectivity index (χ0v) is 10.0. The minimum atomic E-state index is 0.798. The van der Waals surface area contributed by atoms with E-state index in [1.807, 2.05) is 23.8 Å². The first-order chi connectivity index (χ1) is 7.84. The van der Waals surface area contributed by atoms with Gasteiger partial charge in [-0.3, -0.25) is 4.98 Å². The number of nitrogens with zero attached hydrogens (tertiary/aromatic N) is 2. The van der Waals surface area contributed by atoms with Gasteiger partial charge in [0.2, 0.25) is 0 Å². The average Bonchev–Trinajstić information content (AvgIpc) is 2.90. The first-order valence-corrected chi connectivity index (χ1v) is 6.21. The van der Waals surface area contributed by atoms with Crippen LogP contribution in [0.5, 0.6) is 0 Å². The molecule has 0 bridgehead atoms. The molecule has 3 aromatic rings. The molecule has 0 fully saturated rings. The van der Waals surface area contributed by atoms with E-state index in [-0.39, 0.29) is 0 Å². The summed E-state index contributed by atoms with van der Waals surface area (Å²) in [7, 11) is 0. The Balaban J connectivity index is 2.10. The number of fused-ring (bicyclic) bond motifs is 1. The second-order valence-electron chi connectivity index (χ2n) is 3.59. The first kappa shape index (κ1) is 9.87. The summed E-state index contributed by atoms with van der Waals surface area (Å²) in [5, 5.41) is 1.98. The first-order valence-electron chi connectivity index (χ1n) is 4.95. The van der Waals surface area contributed by atoms with Crippen molar-refractivity contribution in [3.63, 3.8) is 0 Å². The van der Waals surface area contributed by atoms with Gasteiger partial charge in [0.1, 0.15) is 0 Å². The van der Waals surface area contributed by atoms with Crippen LogP contribution in [0.15, 0.2) is 42.2 Å². The largest absolute Gasteiger partial charge is 0.341 e. The van der Waals surface area contributed by atoms with Crippen LogP contribution in [0.4, 0.5) is 0 Å². The van der Waals surface area contributed by atoms with Gasteiger partial charge in [0, 0.05) is 22.7 Å². The molecule has 2 heterocycles. The van der Waals surface area contributed by atoms with Gasteiger partial charge >= 0.3 is 0 Å². The highest BCUT2D eigenvalue weighted by molar-refractivity contribution is 7.09. The smallest absolute Gasteiger partial charge is 0.0794 e. The van der Waals surface area contributed by atoms with E-state index in [9.17, 15) is 0 Å². The van der Waals surface area contributed by atoms with Crippen LogP contribution in [0.3, 0.4) is 0 Å². The Kier molecular flexibility index (Phi) is 2.42. The molecule has 0 N–H and O–H groups in total. The van der Waals surface area contributed by atoms with Crippen LogP contribution in [-0.4, -0.2) is 9.55 Å². The molecule has 0 aliphatic heterocycles. The third-order valence-electron chi connectivity index (χ3n) is 2.55. The Bertz CT molecular complexity index is 613. The maximum atomic E-state index is 6.21. The minimum Gasteiger partial charge on any atom is -0.341 e. The average molecular weight is 249 g/mol. The lowest BCUT2D eigenvalue weighted by molar-refractivity contribution is 0.849. The second kappa shape index (κ2) is 3.92. The second-order valence-corrected chi connectivity index (χ2v) is 4.97. The molecule has 0 saturated carbocycles. The lowest BCUT2D eigenvalue weighted by atomic mass is 10.2. The van der Waals surface area contributed by atoms with Crippen molar-refractivity contribution in [3.05, 3.63) is 52.1 Å². The lowest BCUT2D eigenvalue weighted by Gasteiger charge is -2.04. The summed E-state index contributed by atoms with van der Waals surface area (Å²) in [5.74, 6) is 0.